The van der Waals surface area contributed by atoms with E-state index < -0.39 is 12.1 Å². The zero-order chi connectivity index (χ0) is 12.6. The van der Waals surface area contributed by atoms with Gasteiger partial charge in [-0.1, -0.05) is 6.42 Å². The molecule has 0 saturated carbocycles. The molecule has 0 radical (unpaired) electrons. The molecule has 0 heterocycles. The first kappa shape index (κ1) is 15.4. The van der Waals surface area contributed by atoms with E-state index in [9.17, 15) is 9.59 Å². The highest BCUT2D eigenvalue weighted by atomic mass is 32.1. The summed E-state index contributed by atoms with van der Waals surface area (Å²) in [6, 6.07) is -1.12. The number of carbonyl (C=O) groups excluding carboxylic acids is 2. The lowest BCUT2D eigenvalue weighted by Gasteiger charge is -2.17. The molecule has 0 aromatic heterocycles. The fraction of sp³-hybridized carbons (Fsp3) is 0.800. The van der Waals surface area contributed by atoms with Gasteiger partial charge in [-0.2, -0.15) is 12.6 Å². The van der Waals surface area contributed by atoms with Gasteiger partial charge in [-0.3, -0.25) is 9.59 Å². The monoisotopic (exact) mass is 247 g/mol. The van der Waals surface area contributed by atoms with Crippen molar-refractivity contribution in [3.8, 4) is 0 Å². The summed E-state index contributed by atoms with van der Waals surface area (Å²) >= 11 is 3.99. The number of ketones is 1. The molecule has 6 heteroatoms. The number of unbranched alkanes of at least 4 members (excludes halogenated alkanes) is 1. The first-order chi connectivity index (χ1) is 7.52. The van der Waals surface area contributed by atoms with Gasteiger partial charge in [0.15, 0.2) is 5.78 Å². The lowest BCUT2D eigenvalue weighted by atomic mass is 10.1. The van der Waals surface area contributed by atoms with Crippen LogP contribution < -0.4 is 16.8 Å². The molecule has 0 saturated heterocycles. The lowest BCUT2D eigenvalue weighted by molar-refractivity contribution is -0.127. The quantitative estimate of drug-likeness (QED) is 0.341. The van der Waals surface area contributed by atoms with Crippen molar-refractivity contribution in [2.24, 2.45) is 11.5 Å². The van der Waals surface area contributed by atoms with Crippen LogP contribution in [0.2, 0.25) is 0 Å². The van der Waals surface area contributed by atoms with Crippen molar-refractivity contribution in [3.05, 3.63) is 0 Å². The Morgan fingerprint density at radius 1 is 1.38 bits per heavy atom. The van der Waals surface area contributed by atoms with Crippen LogP contribution in [0.1, 0.15) is 26.2 Å². The lowest BCUT2D eigenvalue weighted by Crippen LogP contribution is -2.48. The van der Waals surface area contributed by atoms with E-state index in [1.54, 1.807) is 0 Å². The molecule has 16 heavy (non-hydrogen) atoms. The van der Waals surface area contributed by atoms with Crippen molar-refractivity contribution in [1.82, 2.24) is 5.32 Å². The fourth-order valence-electron chi connectivity index (χ4n) is 1.19. The predicted octanol–water partition coefficient (Wildman–Crippen LogP) is -0.554. The fourth-order valence-corrected chi connectivity index (χ4v) is 1.54. The second kappa shape index (κ2) is 8.55. The Morgan fingerprint density at radius 3 is 2.44 bits per heavy atom. The average molecular weight is 247 g/mol. The van der Waals surface area contributed by atoms with Gasteiger partial charge in [-0.25, -0.2) is 0 Å². The summed E-state index contributed by atoms with van der Waals surface area (Å²) in [7, 11) is 0. The molecule has 0 spiro atoms. The summed E-state index contributed by atoms with van der Waals surface area (Å²) in [6.07, 6.45) is 2.25. The van der Waals surface area contributed by atoms with Gasteiger partial charge < -0.3 is 16.8 Å². The summed E-state index contributed by atoms with van der Waals surface area (Å²) in [6.45, 7) is 2.02. The standard InChI is InChI=1S/C10H21N3O2S/c1-7(14)9(6-16)13-10(15)8(12)4-2-3-5-11/h8-9,16H,2-6,11-12H2,1H3,(H,13,15)/t8-,9-/m0/s1. The van der Waals surface area contributed by atoms with Gasteiger partial charge in [0, 0.05) is 5.75 Å². The third kappa shape index (κ3) is 6.09. The normalized spacial score (nSPS) is 14.2. The van der Waals surface area contributed by atoms with Gasteiger partial charge in [0.2, 0.25) is 5.91 Å². The number of nitrogens with two attached hydrogens (primary N) is 2. The molecule has 0 rings (SSSR count). The highest BCUT2D eigenvalue weighted by Crippen LogP contribution is 1.99. The van der Waals surface area contributed by atoms with Gasteiger partial charge in [0.25, 0.3) is 0 Å². The maximum Gasteiger partial charge on any atom is 0.237 e. The van der Waals surface area contributed by atoms with E-state index in [-0.39, 0.29) is 17.4 Å². The van der Waals surface area contributed by atoms with Gasteiger partial charge in [-0.15, -0.1) is 0 Å². The van der Waals surface area contributed by atoms with E-state index in [0.717, 1.165) is 12.8 Å². The molecule has 0 bridgehead atoms. The molecule has 94 valence electrons. The average Bonchev–Trinajstić information content (AvgIpc) is 2.25. The maximum atomic E-state index is 11.6. The zero-order valence-electron chi connectivity index (χ0n) is 9.61. The van der Waals surface area contributed by atoms with E-state index >= 15 is 0 Å². The van der Waals surface area contributed by atoms with E-state index in [1.165, 1.54) is 6.92 Å². The number of Topliss-reactive ketones (excluding diaryl/α,β-unsaturated/α-hetero) is 1. The van der Waals surface area contributed by atoms with Crippen LogP contribution in [0.25, 0.3) is 0 Å². The molecular weight excluding hydrogens is 226 g/mol. The van der Waals surface area contributed by atoms with Gasteiger partial charge >= 0.3 is 0 Å². The Hall–Kier alpha value is -0.590. The van der Waals surface area contributed by atoms with Crippen LogP contribution in [-0.4, -0.2) is 36.1 Å². The molecule has 0 aliphatic heterocycles. The minimum Gasteiger partial charge on any atom is -0.344 e. The number of amides is 1. The van der Waals surface area contributed by atoms with Crippen LogP contribution >= 0.6 is 12.6 Å². The second-order valence-corrected chi connectivity index (χ2v) is 4.11. The number of hydrogen-bond acceptors (Lipinski definition) is 5. The van der Waals surface area contributed by atoms with E-state index in [4.69, 9.17) is 11.5 Å². The molecule has 1 amide bonds. The van der Waals surface area contributed by atoms with Crippen LogP contribution in [0.3, 0.4) is 0 Å². The van der Waals surface area contributed by atoms with E-state index in [2.05, 4.69) is 17.9 Å². The van der Waals surface area contributed by atoms with Crippen LogP contribution in [0.5, 0.6) is 0 Å². The SMILES string of the molecule is CC(=O)[C@H](CS)NC(=O)[C@@H](N)CCCCN. The number of hydrogen-bond donors (Lipinski definition) is 4. The van der Waals surface area contributed by atoms with Gasteiger partial charge in [-0.05, 0) is 26.3 Å². The Morgan fingerprint density at radius 2 is 2.00 bits per heavy atom. The molecule has 0 aliphatic rings. The highest BCUT2D eigenvalue weighted by molar-refractivity contribution is 7.80. The van der Waals surface area contributed by atoms with Crippen LogP contribution in [0.15, 0.2) is 0 Å². The summed E-state index contributed by atoms with van der Waals surface area (Å²) in [5.74, 6) is -0.125. The topological polar surface area (TPSA) is 98.2 Å². The summed E-state index contributed by atoms with van der Waals surface area (Å²) in [4.78, 5) is 22.6. The van der Waals surface area contributed by atoms with Gasteiger partial charge in [0.05, 0.1) is 12.1 Å². The van der Waals surface area contributed by atoms with Crippen LogP contribution in [0.4, 0.5) is 0 Å². The Labute approximate surface area is 102 Å². The first-order valence-corrected chi connectivity index (χ1v) is 6.03. The molecule has 5 nitrogen and oxygen atoms in total. The Bertz CT molecular complexity index is 236. The highest BCUT2D eigenvalue weighted by Gasteiger charge is 2.19. The van der Waals surface area contributed by atoms with Crippen molar-refractivity contribution in [1.29, 1.82) is 0 Å². The van der Waals surface area contributed by atoms with E-state index in [1.807, 2.05) is 0 Å². The molecule has 0 aromatic carbocycles. The van der Waals surface area contributed by atoms with Crippen molar-refractivity contribution in [2.45, 2.75) is 38.3 Å². The third-order valence-corrected chi connectivity index (χ3v) is 2.66. The second-order valence-electron chi connectivity index (χ2n) is 3.75. The van der Waals surface area contributed by atoms with E-state index in [0.29, 0.717) is 13.0 Å². The van der Waals surface area contributed by atoms with Crippen LogP contribution in [0, 0.1) is 0 Å². The summed E-state index contributed by atoms with van der Waals surface area (Å²) in [5.41, 5.74) is 11.0. The largest absolute Gasteiger partial charge is 0.344 e. The molecule has 0 unspecified atom stereocenters. The molecule has 0 aromatic rings. The first-order valence-electron chi connectivity index (χ1n) is 5.40. The third-order valence-electron chi connectivity index (χ3n) is 2.30. The zero-order valence-corrected chi connectivity index (χ0v) is 10.5. The van der Waals surface area contributed by atoms with Crippen molar-refractivity contribution in [2.75, 3.05) is 12.3 Å². The Kier molecular flexibility index (Phi) is 8.23. The van der Waals surface area contributed by atoms with Crippen LogP contribution in [-0.2, 0) is 9.59 Å². The predicted molar refractivity (Wildman–Crippen MR) is 67.3 cm³/mol. The number of carbonyl (C=O) groups is 2. The molecular formula is C10H21N3O2S. The summed E-state index contributed by atoms with van der Waals surface area (Å²) < 4.78 is 0. The van der Waals surface area contributed by atoms with Crippen molar-refractivity contribution >= 4 is 24.3 Å². The minimum atomic E-state index is -0.576. The maximum absolute atomic E-state index is 11.6. The Balaban J connectivity index is 3.98. The summed E-state index contributed by atoms with van der Waals surface area (Å²) in [5, 5.41) is 2.57. The number of nitrogens with one attached hydrogen (secondary N) is 1. The molecule has 0 fully saturated rings. The molecule has 0 aliphatic carbocycles. The number of rotatable bonds is 8. The van der Waals surface area contributed by atoms with Crippen molar-refractivity contribution in [3.63, 3.8) is 0 Å². The molecule has 2 atom stereocenters. The van der Waals surface area contributed by atoms with Crippen molar-refractivity contribution < 1.29 is 9.59 Å². The molecule has 5 N–H and O–H groups in total. The number of thiol groups is 1. The van der Waals surface area contributed by atoms with Gasteiger partial charge in [0.1, 0.15) is 0 Å². The minimum absolute atomic E-state index is 0.113. The smallest absolute Gasteiger partial charge is 0.237 e.